The number of carbonyl (C=O) groups excluding carboxylic acids is 2. The number of carbonyl (C=O) groups is 3. The molecule has 0 spiro atoms. The minimum absolute atomic E-state index is 0.0504. The molecule has 1 aliphatic heterocycles. The molecule has 0 unspecified atom stereocenters. The summed E-state index contributed by atoms with van der Waals surface area (Å²) in [6.45, 7) is 0.330. The van der Waals surface area contributed by atoms with E-state index in [0.717, 1.165) is 12.8 Å². The van der Waals surface area contributed by atoms with E-state index in [9.17, 15) is 14.4 Å². The van der Waals surface area contributed by atoms with Gasteiger partial charge in [-0.2, -0.15) is 0 Å². The van der Waals surface area contributed by atoms with Crippen LogP contribution in [0, 0.1) is 0 Å². The molecule has 0 saturated carbocycles. The number of amides is 3. The fourth-order valence-electron chi connectivity index (χ4n) is 1.71. The average Bonchev–Trinajstić information content (AvgIpc) is 2.57. The molecule has 7 heteroatoms. The van der Waals surface area contributed by atoms with Crippen molar-refractivity contribution in [3.05, 3.63) is 12.0 Å². The van der Waals surface area contributed by atoms with E-state index in [1.54, 1.807) is 0 Å². The number of carboxylic acid groups (broad SMARTS) is 1. The molecule has 1 fully saturated rings. The van der Waals surface area contributed by atoms with Crippen molar-refractivity contribution < 1.29 is 24.6 Å². The molecule has 1 saturated heterocycles. The molecular weight excluding hydrogens is 240 g/mol. The summed E-state index contributed by atoms with van der Waals surface area (Å²) < 4.78 is 0. The van der Waals surface area contributed by atoms with Crippen molar-refractivity contribution in [3.63, 3.8) is 0 Å². The van der Waals surface area contributed by atoms with E-state index in [4.69, 9.17) is 10.2 Å². The van der Waals surface area contributed by atoms with E-state index >= 15 is 0 Å². The highest BCUT2D eigenvalue weighted by atomic mass is 16.4. The molecule has 3 N–H and O–H groups in total. The number of hydrogen-bond donors (Lipinski definition) is 3. The summed E-state index contributed by atoms with van der Waals surface area (Å²) >= 11 is 0. The Morgan fingerprint density at radius 3 is 2.50 bits per heavy atom. The Bertz CT molecular complexity index is 378. The summed E-state index contributed by atoms with van der Waals surface area (Å²) in [4.78, 5) is 33.9. The van der Waals surface area contributed by atoms with Gasteiger partial charge in [-0.1, -0.05) is 12.8 Å². The van der Waals surface area contributed by atoms with Crippen LogP contribution in [0.4, 0.5) is 4.79 Å². The van der Waals surface area contributed by atoms with Crippen LogP contribution < -0.4 is 5.32 Å². The summed E-state index contributed by atoms with van der Waals surface area (Å²) in [5.74, 6) is -1.42. The van der Waals surface area contributed by atoms with Gasteiger partial charge in [0.25, 0.3) is 5.91 Å². The van der Waals surface area contributed by atoms with Crippen molar-refractivity contribution >= 4 is 17.9 Å². The van der Waals surface area contributed by atoms with E-state index in [1.165, 1.54) is 4.90 Å². The van der Waals surface area contributed by atoms with Gasteiger partial charge in [-0.25, -0.2) is 4.79 Å². The fraction of sp³-hybridized carbons (Fsp3) is 0.545. The molecule has 0 radical (unpaired) electrons. The molecule has 1 heterocycles. The van der Waals surface area contributed by atoms with Crippen LogP contribution in [0.25, 0.3) is 0 Å². The van der Waals surface area contributed by atoms with Crippen LogP contribution in [0.15, 0.2) is 12.0 Å². The van der Waals surface area contributed by atoms with E-state index in [1.807, 2.05) is 0 Å². The second-order valence-electron chi connectivity index (χ2n) is 3.98. The second kappa shape index (κ2) is 6.63. The highest BCUT2D eigenvalue weighted by Crippen LogP contribution is 2.14. The van der Waals surface area contributed by atoms with Gasteiger partial charge < -0.3 is 10.2 Å². The van der Waals surface area contributed by atoms with Gasteiger partial charge in [0.05, 0.1) is 0 Å². The highest BCUT2D eigenvalue weighted by Gasteiger charge is 2.32. The smallest absolute Gasteiger partial charge is 0.329 e. The topological polar surface area (TPSA) is 107 Å². The summed E-state index contributed by atoms with van der Waals surface area (Å²) in [7, 11) is 0. The van der Waals surface area contributed by atoms with Gasteiger partial charge in [-0.15, -0.1) is 0 Å². The van der Waals surface area contributed by atoms with Crippen LogP contribution in [0.5, 0.6) is 0 Å². The number of rotatable bonds is 7. The molecule has 0 bridgehead atoms. The predicted molar refractivity (Wildman–Crippen MR) is 61.7 cm³/mol. The number of imide groups is 1. The van der Waals surface area contributed by atoms with Gasteiger partial charge in [0.1, 0.15) is 12.0 Å². The van der Waals surface area contributed by atoms with Crippen LogP contribution in [0.2, 0.25) is 0 Å². The molecule has 0 aromatic carbocycles. The third-order valence-corrected chi connectivity index (χ3v) is 2.63. The van der Waals surface area contributed by atoms with Crippen molar-refractivity contribution in [2.24, 2.45) is 0 Å². The maximum atomic E-state index is 11.3. The molecule has 0 aliphatic carbocycles. The lowest BCUT2D eigenvalue weighted by atomic mass is 10.1. The molecule has 7 nitrogen and oxygen atoms in total. The van der Waals surface area contributed by atoms with E-state index in [0.29, 0.717) is 25.6 Å². The van der Waals surface area contributed by atoms with E-state index in [2.05, 4.69) is 5.32 Å². The standard InChI is InChI=1S/C11H16N2O5/c14-7-8-10(17)12-11(18)13(8)6-4-2-1-3-5-9(15)16/h7,14H,1-6H2,(H,15,16)(H,12,17,18). The second-order valence-corrected chi connectivity index (χ2v) is 3.98. The van der Waals surface area contributed by atoms with Crippen molar-refractivity contribution in [1.82, 2.24) is 10.2 Å². The molecular formula is C11H16N2O5. The third-order valence-electron chi connectivity index (χ3n) is 2.63. The molecule has 1 aliphatic rings. The van der Waals surface area contributed by atoms with Crippen molar-refractivity contribution in [2.45, 2.75) is 32.1 Å². The number of aliphatic hydroxyl groups is 1. The number of aliphatic hydroxyl groups excluding tert-OH is 1. The molecule has 100 valence electrons. The van der Waals surface area contributed by atoms with Gasteiger partial charge in [0, 0.05) is 13.0 Å². The first-order chi connectivity index (χ1) is 8.56. The first-order valence-electron chi connectivity index (χ1n) is 5.75. The zero-order chi connectivity index (χ0) is 13.5. The van der Waals surface area contributed by atoms with Gasteiger partial charge in [0.2, 0.25) is 0 Å². The monoisotopic (exact) mass is 256 g/mol. The molecule has 0 aromatic heterocycles. The first kappa shape index (κ1) is 14.0. The molecule has 1 rings (SSSR count). The SMILES string of the molecule is O=C(O)CCCCCCN1C(=O)NC(=O)C1=CO. The highest BCUT2D eigenvalue weighted by molar-refractivity contribution is 6.11. The number of urea groups is 1. The Hall–Kier alpha value is -2.05. The number of unbranched alkanes of at least 4 members (excludes halogenated alkanes) is 3. The molecule has 3 amide bonds. The maximum absolute atomic E-state index is 11.3. The van der Waals surface area contributed by atoms with Crippen molar-refractivity contribution in [1.29, 1.82) is 0 Å². The van der Waals surface area contributed by atoms with Gasteiger partial charge in [-0.05, 0) is 12.8 Å². The molecule has 18 heavy (non-hydrogen) atoms. The summed E-state index contributed by atoms with van der Waals surface area (Å²) in [6.07, 6.45) is 3.54. The Balaban J connectivity index is 2.25. The number of aliphatic carboxylic acids is 1. The van der Waals surface area contributed by atoms with E-state index in [-0.39, 0.29) is 12.1 Å². The Morgan fingerprint density at radius 2 is 1.89 bits per heavy atom. The summed E-state index contributed by atoms with van der Waals surface area (Å²) in [5, 5.41) is 19.4. The van der Waals surface area contributed by atoms with Gasteiger partial charge >= 0.3 is 12.0 Å². The van der Waals surface area contributed by atoms with Crippen LogP contribution in [-0.2, 0) is 9.59 Å². The Labute approximate surface area is 104 Å². The van der Waals surface area contributed by atoms with Crippen LogP contribution in [0.1, 0.15) is 32.1 Å². The summed E-state index contributed by atoms with van der Waals surface area (Å²) in [5.41, 5.74) is -0.0504. The predicted octanol–water partition coefficient (Wildman–Crippen LogP) is 0.973. The number of hydrogen-bond acceptors (Lipinski definition) is 4. The van der Waals surface area contributed by atoms with Crippen molar-refractivity contribution in [2.75, 3.05) is 6.54 Å². The zero-order valence-electron chi connectivity index (χ0n) is 9.89. The quantitative estimate of drug-likeness (QED) is 0.272. The lowest BCUT2D eigenvalue weighted by Gasteiger charge is -2.13. The normalized spacial score (nSPS) is 17.3. The Morgan fingerprint density at radius 1 is 1.22 bits per heavy atom. The van der Waals surface area contributed by atoms with Crippen LogP contribution >= 0.6 is 0 Å². The largest absolute Gasteiger partial charge is 0.513 e. The maximum Gasteiger partial charge on any atom is 0.329 e. The molecule has 0 atom stereocenters. The summed E-state index contributed by atoms with van der Waals surface area (Å²) in [6, 6.07) is -0.536. The fourth-order valence-corrected chi connectivity index (χ4v) is 1.71. The van der Waals surface area contributed by atoms with Gasteiger partial charge in [-0.3, -0.25) is 19.8 Å². The first-order valence-corrected chi connectivity index (χ1v) is 5.75. The minimum atomic E-state index is -0.815. The Kier molecular flexibility index (Phi) is 5.16. The van der Waals surface area contributed by atoms with Crippen LogP contribution in [0.3, 0.4) is 0 Å². The number of nitrogens with one attached hydrogen (secondary N) is 1. The average molecular weight is 256 g/mol. The van der Waals surface area contributed by atoms with Crippen molar-refractivity contribution in [3.8, 4) is 0 Å². The number of carboxylic acids is 1. The minimum Gasteiger partial charge on any atom is -0.513 e. The van der Waals surface area contributed by atoms with Gasteiger partial charge in [0.15, 0.2) is 0 Å². The number of nitrogens with zero attached hydrogens (tertiary/aromatic N) is 1. The van der Waals surface area contributed by atoms with Crippen LogP contribution in [-0.4, -0.2) is 39.6 Å². The third kappa shape index (κ3) is 3.76. The lowest BCUT2D eigenvalue weighted by molar-refractivity contribution is -0.137. The van der Waals surface area contributed by atoms with E-state index < -0.39 is 17.9 Å². The molecule has 0 aromatic rings. The zero-order valence-corrected chi connectivity index (χ0v) is 9.89. The lowest BCUT2D eigenvalue weighted by Crippen LogP contribution is -2.28.